The van der Waals surface area contributed by atoms with Crippen LogP contribution in [0.1, 0.15) is 43.7 Å². The van der Waals surface area contributed by atoms with Crippen molar-refractivity contribution in [2.75, 3.05) is 11.9 Å². The van der Waals surface area contributed by atoms with Crippen molar-refractivity contribution >= 4 is 35.3 Å². The van der Waals surface area contributed by atoms with Gasteiger partial charge in [0.15, 0.2) is 0 Å². The van der Waals surface area contributed by atoms with E-state index in [9.17, 15) is 9.59 Å². The number of hydrogen-bond donors (Lipinski definition) is 2. The second-order valence-electron chi connectivity index (χ2n) is 6.58. The van der Waals surface area contributed by atoms with Gasteiger partial charge in [0.25, 0.3) is 0 Å². The smallest absolute Gasteiger partial charge is 0.240 e. The van der Waals surface area contributed by atoms with Crippen molar-refractivity contribution < 1.29 is 14.3 Å². The van der Waals surface area contributed by atoms with Crippen molar-refractivity contribution in [2.24, 2.45) is 5.10 Å². The van der Waals surface area contributed by atoms with Gasteiger partial charge in [0.1, 0.15) is 5.75 Å². The maximum absolute atomic E-state index is 12.0. The number of hydrogen-bond acceptors (Lipinski definition) is 4. The monoisotopic (exact) mass is 415 g/mol. The molecular weight excluding hydrogens is 390 g/mol. The summed E-state index contributed by atoms with van der Waals surface area (Å²) in [7, 11) is 0. The molecule has 2 aromatic carbocycles. The number of aryl methyl sites for hydroxylation is 1. The quantitative estimate of drug-likeness (QED) is 0.335. The number of carbonyl (C=O) groups is 2. The molecule has 0 aliphatic heterocycles. The van der Waals surface area contributed by atoms with E-state index in [0.717, 1.165) is 29.7 Å². The molecule has 0 radical (unpaired) electrons. The molecule has 0 spiro atoms. The summed E-state index contributed by atoms with van der Waals surface area (Å²) >= 11 is 6.03. The van der Waals surface area contributed by atoms with Crippen LogP contribution in [0.5, 0.6) is 5.75 Å². The molecule has 0 bridgehead atoms. The van der Waals surface area contributed by atoms with Crippen molar-refractivity contribution in [1.29, 1.82) is 0 Å². The molecule has 0 unspecified atom stereocenters. The molecule has 2 amide bonds. The number of ether oxygens (including phenoxy) is 1. The molecule has 0 heterocycles. The van der Waals surface area contributed by atoms with E-state index in [-0.39, 0.29) is 24.7 Å². The summed E-state index contributed by atoms with van der Waals surface area (Å²) in [6, 6.07) is 12.7. The highest BCUT2D eigenvalue weighted by atomic mass is 35.5. The predicted octanol–water partition coefficient (Wildman–Crippen LogP) is 4.70. The number of anilines is 1. The Morgan fingerprint density at radius 2 is 1.83 bits per heavy atom. The Morgan fingerprint density at radius 1 is 1.10 bits per heavy atom. The van der Waals surface area contributed by atoms with Crippen LogP contribution in [0, 0.1) is 6.92 Å². The summed E-state index contributed by atoms with van der Waals surface area (Å²) in [6.45, 7) is 4.70. The number of amides is 2. The topological polar surface area (TPSA) is 79.8 Å². The minimum Gasteiger partial charge on any atom is -0.494 e. The number of nitrogens with one attached hydrogen (secondary N) is 2. The SMILES string of the molecule is CCCCOc1ccc(C=NNC(=O)CCC(=O)Nc2ccc(C)c(Cl)c2)cc1. The molecular formula is C22H26ClN3O3. The average molecular weight is 416 g/mol. The van der Waals surface area contributed by atoms with Crippen molar-refractivity contribution in [3.05, 3.63) is 58.6 Å². The van der Waals surface area contributed by atoms with Gasteiger partial charge in [0.05, 0.1) is 12.8 Å². The maximum atomic E-state index is 12.0. The lowest BCUT2D eigenvalue weighted by atomic mass is 10.2. The Balaban J connectivity index is 1.70. The fraction of sp³-hybridized carbons (Fsp3) is 0.318. The van der Waals surface area contributed by atoms with Gasteiger partial charge < -0.3 is 10.1 Å². The maximum Gasteiger partial charge on any atom is 0.240 e. The van der Waals surface area contributed by atoms with Crippen LogP contribution >= 0.6 is 11.6 Å². The number of hydrazone groups is 1. The molecule has 2 N–H and O–H groups in total. The molecule has 0 aliphatic rings. The first-order valence-electron chi connectivity index (χ1n) is 9.58. The third-order valence-corrected chi connectivity index (χ3v) is 4.49. The third kappa shape index (κ3) is 8.35. The zero-order valence-electron chi connectivity index (χ0n) is 16.7. The number of carbonyl (C=O) groups excluding carboxylic acids is 2. The van der Waals surface area contributed by atoms with Gasteiger partial charge in [-0.05, 0) is 60.9 Å². The van der Waals surface area contributed by atoms with Gasteiger partial charge in [-0.1, -0.05) is 31.0 Å². The van der Waals surface area contributed by atoms with Gasteiger partial charge in [-0.2, -0.15) is 5.10 Å². The Kier molecular flexibility index (Phi) is 9.18. The van der Waals surface area contributed by atoms with Crippen LogP contribution in [0.25, 0.3) is 0 Å². The first-order valence-corrected chi connectivity index (χ1v) is 9.96. The van der Waals surface area contributed by atoms with Gasteiger partial charge in [-0.3, -0.25) is 9.59 Å². The molecule has 0 atom stereocenters. The van der Waals surface area contributed by atoms with Crippen LogP contribution in [0.15, 0.2) is 47.6 Å². The molecule has 154 valence electrons. The van der Waals surface area contributed by atoms with Crippen molar-refractivity contribution in [1.82, 2.24) is 5.43 Å². The van der Waals surface area contributed by atoms with Gasteiger partial charge >= 0.3 is 0 Å². The fourth-order valence-corrected chi connectivity index (χ4v) is 2.52. The molecule has 0 saturated carbocycles. The van der Waals surface area contributed by atoms with Gasteiger partial charge in [-0.15, -0.1) is 0 Å². The highest BCUT2D eigenvalue weighted by Gasteiger charge is 2.07. The molecule has 0 aromatic heterocycles. The minimum absolute atomic E-state index is 0.0347. The zero-order valence-corrected chi connectivity index (χ0v) is 17.5. The first-order chi connectivity index (χ1) is 14.0. The number of nitrogens with zero attached hydrogens (tertiary/aromatic N) is 1. The predicted molar refractivity (Wildman–Crippen MR) is 117 cm³/mol. The molecule has 0 aliphatic carbocycles. The normalized spacial score (nSPS) is 10.7. The van der Waals surface area contributed by atoms with Crippen molar-refractivity contribution in [2.45, 2.75) is 39.5 Å². The molecule has 2 aromatic rings. The van der Waals surface area contributed by atoms with E-state index in [0.29, 0.717) is 17.3 Å². The van der Waals surface area contributed by atoms with Crippen molar-refractivity contribution in [3.8, 4) is 5.75 Å². The molecule has 29 heavy (non-hydrogen) atoms. The Bertz CT molecular complexity index is 851. The second kappa shape index (κ2) is 11.9. The van der Waals surface area contributed by atoms with Crippen LogP contribution in [0.3, 0.4) is 0 Å². The molecule has 0 fully saturated rings. The van der Waals surface area contributed by atoms with E-state index >= 15 is 0 Å². The molecule has 7 heteroatoms. The number of unbranched alkanes of at least 4 members (excludes halogenated alkanes) is 1. The number of benzene rings is 2. The third-order valence-electron chi connectivity index (χ3n) is 4.08. The molecule has 0 saturated heterocycles. The van der Waals surface area contributed by atoms with E-state index in [2.05, 4.69) is 22.8 Å². The average Bonchev–Trinajstić information content (AvgIpc) is 2.71. The lowest BCUT2D eigenvalue weighted by Crippen LogP contribution is -2.20. The van der Waals surface area contributed by atoms with Crippen LogP contribution in [0.2, 0.25) is 5.02 Å². The van der Waals surface area contributed by atoms with Gasteiger partial charge in [-0.25, -0.2) is 5.43 Å². The summed E-state index contributed by atoms with van der Waals surface area (Å²) in [4.78, 5) is 23.8. The van der Waals surface area contributed by atoms with E-state index in [1.54, 1.807) is 18.3 Å². The standard InChI is InChI=1S/C22H26ClN3O3/c1-3-4-13-29-19-9-6-17(7-10-19)15-24-26-22(28)12-11-21(27)25-18-8-5-16(2)20(23)14-18/h5-10,14-15H,3-4,11-13H2,1-2H3,(H,25,27)(H,26,28). The first kappa shape index (κ1) is 22.4. The summed E-state index contributed by atoms with van der Waals surface area (Å²) in [5, 5.41) is 7.21. The highest BCUT2D eigenvalue weighted by molar-refractivity contribution is 6.31. The van der Waals surface area contributed by atoms with Gasteiger partial charge in [0, 0.05) is 23.6 Å². The van der Waals surface area contributed by atoms with Crippen molar-refractivity contribution in [3.63, 3.8) is 0 Å². The summed E-state index contributed by atoms with van der Waals surface area (Å²) in [5.74, 6) is 0.209. The summed E-state index contributed by atoms with van der Waals surface area (Å²) in [5.41, 5.74) is 4.79. The Labute approximate surface area is 176 Å². The lowest BCUT2D eigenvalue weighted by molar-refractivity contribution is -0.124. The van der Waals surface area contributed by atoms with E-state index in [4.69, 9.17) is 16.3 Å². The molecule has 2 rings (SSSR count). The zero-order chi connectivity index (χ0) is 21.1. The second-order valence-corrected chi connectivity index (χ2v) is 6.98. The van der Waals surface area contributed by atoms with Crippen LogP contribution < -0.4 is 15.5 Å². The summed E-state index contributed by atoms with van der Waals surface area (Å²) in [6.07, 6.45) is 3.74. The summed E-state index contributed by atoms with van der Waals surface area (Å²) < 4.78 is 5.59. The van der Waals surface area contributed by atoms with Crippen LogP contribution in [0.4, 0.5) is 5.69 Å². The Hall–Kier alpha value is -2.86. The van der Waals surface area contributed by atoms with E-state index in [1.165, 1.54) is 0 Å². The largest absolute Gasteiger partial charge is 0.494 e. The highest BCUT2D eigenvalue weighted by Crippen LogP contribution is 2.20. The van der Waals surface area contributed by atoms with E-state index in [1.807, 2.05) is 37.3 Å². The van der Waals surface area contributed by atoms with Crippen LogP contribution in [-0.2, 0) is 9.59 Å². The molecule has 6 nitrogen and oxygen atoms in total. The van der Waals surface area contributed by atoms with E-state index < -0.39 is 0 Å². The minimum atomic E-state index is -0.335. The van der Waals surface area contributed by atoms with Crippen LogP contribution in [-0.4, -0.2) is 24.6 Å². The fourth-order valence-electron chi connectivity index (χ4n) is 2.34. The Morgan fingerprint density at radius 3 is 2.52 bits per heavy atom. The lowest BCUT2D eigenvalue weighted by Gasteiger charge is -2.06. The number of rotatable bonds is 10. The number of halogens is 1. The van der Waals surface area contributed by atoms with Gasteiger partial charge in [0.2, 0.25) is 11.8 Å².